The predicted molar refractivity (Wildman–Crippen MR) is 114 cm³/mol. The maximum Gasteiger partial charge on any atom is 0.230 e. The van der Waals surface area contributed by atoms with Gasteiger partial charge in [0, 0.05) is 51.9 Å². The molecule has 0 aromatic heterocycles. The van der Waals surface area contributed by atoms with Gasteiger partial charge in [-0.3, -0.25) is 19.8 Å². The maximum atomic E-state index is 13.7. The Balaban J connectivity index is 1.18. The highest BCUT2D eigenvalue weighted by Gasteiger charge is 2.48. The van der Waals surface area contributed by atoms with Crippen molar-refractivity contribution in [3.63, 3.8) is 0 Å². The van der Waals surface area contributed by atoms with Crippen LogP contribution in [0.5, 0.6) is 0 Å². The summed E-state index contributed by atoms with van der Waals surface area (Å²) in [5, 5.41) is 11.4. The van der Waals surface area contributed by atoms with E-state index in [1.807, 2.05) is 4.90 Å². The largest absolute Gasteiger partial charge is 0.380 e. The van der Waals surface area contributed by atoms with Gasteiger partial charge in [-0.25, -0.2) is 14.8 Å². The SMILES string of the molecule is NC1NN2CC(F)CNC2C1C(=O)NC1CNCCC1N1CCN(C(=O)C2COC2)CC1. The summed E-state index contributed by atoms with van der Waals surface area (Å²) in [6, 6.07) is 0.165. The number of amides is 2. The number of nitrogens with one attached hydrogen (secondary N) is 4. The average Bonchev–Trinajstić information content (AvgIpc) is 3.08. The normalized spacial score (nSPS) is 39.4. The molecule has 0 aromatic carbocycles. The summed E-state index contributed by atoms with van der Waals surface area (Å²) in [5.41, 5.74) is 9.24. The molecule has 5 saturated heterocycles. The molecule has 5 rings (SSSR count). The van der Waals surface area contributed by atoms with E-state index in [9.17, 15) is 14.0 Å². The lowest BCUT2D eigenvalue weighted by Crippen LogP contribution is -2.65. The van der Waals surface area contributed by atoms with Crippen LogP contribution in [-0.2, 0) is 14.3 Å². The molecule has 0 saturated carbocycles. The third-order valence-electron chi connectivity index (χ3n) is 7.48. The Kier molecular flexibility index (Phi) is 6.61. The van der Waals surface area contributed by atoms with Crippen molar-refractivity contribution in [2.75, 3.05) is 65.6 Å². The minimum absolute atomic E-state index is 0.0253. The molecule has 11 nitrogen and oxygen atoms in total. The number of carbonyl (C=O) groups excluding carboxylic acids is 2. The molecule has 6 atom stereocenters. The van der Waals surface area contributed by atoms with Crippen molar-refractivity contribution >= 4 is 11.8 Å². The van der Waals surface area contributed by atoms with Crippen LogP contribution >= 0.6 is 0 Å². The van der Waals surface area contributed by atoms with Crippen molar-refractivity contribution in [1.29, 1.82) is 0 Å². The molecule has 0 radical (unpaired) electrons. The Morgan fingerprint density at radius 1 is 1.12 bits per heavy atom. The highest BCUT2D eigenvalue weighted by Crippen LogP contribution is 2.23. The summed E-state index contributed by atoms with van der Waals surface area (Å²) < 4.78 is 18.9. The average molecular weight is 455 g/mol. The van der Waals surface area contributed by atoms with Gasteiger partial charge in [-0.15, -0.1) is 0 Å². The van der Waals surface area contributed by atoms with Gasteiger partial charge in [-0.1, -0.05) is 0 Å². The topological polar surface area (TPSA) is 127 Å². The van der Waals surface area contributed by atoms with Crippen molar-refractivity contribution in [3.8, 4) is 0 Å². The second-order valence-corrected chi connectivity index (χ2v) is 9.55. The van der Waals surface area contributed by atoms with Crippen LogP contribution < -0.4 is 27.1 Å². The highest BCUT2D eigenvalue weighted by atomic mass is 19.1. The standard InChI is InChI=1S/C20H35FN8O3/c21-13-7-24-18-16(17(22)26-29(18)9-13)19(30)25-14-8-23-2-1-15(14)27-3-5-28(6-4-27)20(31)12-10-32-11-12/h12-18,23-24,26H,1-11,22H2,(H,25,30). The number of rotatable bonds is 4. The number of piperazine rings is 1. The lowest BCUT2D eigenvalue weighted by molar-refractivity contribution is -0.152. The summed E-state index contributed by atoms with van der Waals surface area (Å²) in [7, 11) is 0. The quantitative estimate of drug-likeness (QED) is 0.296. The molecule has 6 unspecified atom stereocenters. The number of carbonyl (C=O) groups is 2. The maximum absolute atomic E-state index is 13.7. The van der Waals surface area contributed by atoms with Gasteiger partial charge in [-0.05, 0) is 13.0 Å². The van der Waals surface area contributed by atoms with Crippen molar-refractivity contribution < 1.29 is 18.7 Å². The number of hydrogen-bond acceptors (Lipinski definition) is 9. The molecule has 5 fully saturated rings. The molecule has 0 aromatic rings. The van der Waals surface area contributed by atoms with E-state index in [-0.39, 0.29) is 49.1 Å². The number of nitrogens with two attached hydrogens (primary N) is 1. The Morgan fingerprint density at radius 2 is 1.91 bits per heavy atom. The van der Waals surface area contributed by atoms with Crippen LogP contribution in [-0.4, -0.2) is 123 Å². The van der Waals surface area contributed by atoms with Gasteiger partial charge in [0.2, 0.25) is 11.8 Å². The summed E-state index contributed by atoms with van der Waals surface area (Å²) in [5.74, 6) is -0.379. The van der Waals surface area contributed by atoms with Gasteiger partial charge in [-0.2, -0.15) is 0 Å². The third kappa shape index (κ3) is 4.37. The van der Waals surface area contributed by atoms with Crippen LogP contribution in [0.3, 0.4) is 0 Å². The van der Waals surface area contributed by atoms with E-state index in [0.717, 1.165) is 26.1 Å². The molecule has 32 heavy (non-hydrogen) atoms. The molecule has 12 heteroatoms. The van der Waals surface area contributed by atoms with Crippen molar-refractivity contribution in [1.82, 2.24) is 36.2 Å². The van der Waals surface area contributed by atoms with Gasteiger partial charge in [0.05, 0.1) is 43.4 Å². The molecule has 5 aliphatic heterocycles. The number of alkyl halides is 1. The first-order chi connectivity index (χ1) is 15.5. The molecule has 0 spiro atoms. The Morgan fingerprint density at radius 3 is 2.62 bits per heavy atom. The molecule has 180 valence electrons. The molecular weight excluding hydrogens is 419 g/mol. The van der Waals surface area contributed by atoms with Crippen molar-refractivity contribution in [2.45, 2.75) is 37.0 Å². The van der Waals surface area contributed by atoms with Gasteiger partial charge < -0.3 is 26.0 Å². The van der Waals surface area contributed by atoms with Crippen molar-refractivity contribution in [2.24, 2.45) is 17.6 Å². The van der Waals surface area contributed by atoms with E-state index in [2.05, 4.69) is 26.3 Å². The summed E-state index contributed by atoms with van der Waals surface area (Å²) in [4.78, 5) is 30.1. The van der Waals surface area contributed by atoms with E-state index < -0.39 is 18.3 Å². The molecule has 5 aliphatic rings. The molecule has 2 amide bonds. The number of fused-ring (bicyclic) bond motifs is 1. The lowest BCUT2D eigenvalue weighted by Gasteiger charge is -2.45. The van der Waals surface area contributed by atoms with Crippen LogP contribution in [0, 0.1) is 11.8 Å². The zero-order valence-corrected chi connectivity index (χ0v) is 18.3. The number of piperidine rings is 1. The number of hydrogen-bond donors (Lipinski definition) is 5. The molecule has 5 heterocycles. The zero-order valence-electron chi connectivity index (χ0n) is 18.3. The van der Waals surface area contributed by atoms with Gasteiger partial charge in [0.15, 0.2) is 0 Å². The summed E-state index contributed by atoms with van der Waals surface area (Å²) in [6.07, 6.45) is -0.918. The van der Waals surface area contributed by atoms with Crippen LogP contribution in [0.2, 0.25) is 0 Å². The minimum Gasteiger partial charge on any atom is -0.380 e. The van der Waals surface area contributed by atoms with Gasteiger partial charge in [0.1, 0.15) is 6.17 Å². The van der Waals surface area contributed by atoms with Gasteiger partial charge in [0.25, 0.3) is 0 Å². The first kappa shape index (κ1) is 22.4. The van der Waals surface area contributed by atoms with Crippen LogP contribution in [0.1, 0.15) is 6.42 Å². The minimum atomic E-state index is -0.984. The van der Waals surface area contributed by atoms with E-state index in [4.69, 9.17) is 10.5 Å². The summed E-state index contributed by atoms with van der Waals surface area (Å²) >= 11 is 0. The van der Waals surface area contributed by atoms with Crippen LogP contribution in [0.4, 0.5) is 4.39 Å². The number of ether oxygens (including phenoxy) is 1. The highest BCUT2D eigenvalue weighted by molar-refractivity contribution is 5.81. The zero-order chi connectivity index (χ0) is 22.2. The second-order valence-electron chi connectivity index (χ2n) is 9.55. The molecule has 0 aliphatic carbocycles. The fraction of sp³-hybridized carbons (Fsp3) is 0.900. The third-order valence-corrected chi connectivity index (χ3v) is 7.48. The molecule has 0 bridgehead atoms. The van der Waals surface area contributed by atoms with Crippen LogP contribution in [0.25, 0.3) is 0 Å². The number of nitrogens with zero attached hydrogens (tertiary/aromatic N) is 3. The van der Waals surface area contributed by atoms with E-state index in [1.54, 1.807) is 5.01 Å². The molecule has 6 N–H and O–H groups in total. The fourth-order valence-corrected chi connectivity index (χ4v) is 5.60. The Hall–Kier alpha value is -1.41. The Labute approximate surface area is 187 Å². The van der Waals surface area contributed by atoms with Crippen molar-refractivity contribution in [3.05, 3.63) is 0 Å². The smallest absolute Gasteiger partial charge is 0.230 e. The fourth-order valence-electron chi connectivity index (χ4n) is 5.60. The van der Waals surface area contributed by atoms with Gasteiger partial charge >= 0.3 is 0 Å². The Bertz CT molecular complexity index is 704. The van der Waals surface area contributed by atoms with E-state index in [1.165, 1.54) is 0 Å². The first-order valence-corrected chi connectivity index (χ1v) is 11.8. The van der Waals surface area contributed by atoms with E-state index in [0.29, 0.717) is 32.8 Å². The van der Waals surface area contributed by atoms with E-state index >= 15 is 0 Å². The second kappa shape index (κ2) is 9.45. The first-order valence-electron chi connectivity index (χ1n) is 11.8. The lowest BCUT2D eigenvalue weighted by atomic mass is 9.95. The summed E-state index contributed by atoms with van der Waals surface area (Å²) in [6.45, 7) is 6.15. The number of halogens is 1. The monoisotopic (exact) mass is 454 g/mol. The number of hydrazine groups is 1. The predicted octanol–water partition coefficient (Wildman–Crippen LogP) is -3.39. The van der Waals surface area contributed by atoms with Crippen LogP contribution in [0.15, 0.2) is 0 Å². The molecular formula is C20H35FN8O3.